The van der Waals surface area contributed by atoms with Crippen LogP contribution in [0.25, 0.3) is 0 Å². The Morgan fingerprint density at radius 3 is 1.75 bits per heavy atom. The van der Waals surface area contributed by atoms with Crippen LogP contribution in [0.2, 0.25) is 0 Å². The maximum atomic E-state index is 3.88. The first-order chi connectivity index (χ1) is 7.74. The Morgan fingerprint density at radius 1 is 0.938 bits per heavy atom. The second-order valence-corrected chi connectivity index (χ2v) is 4.20. The van der Waals surface area contributed by atoms with E-state index >= 15 is 0 Å². The lowest BCUT2D eigenvalue weighted by atomic mass is 9.90. The van der Waals surface area contributed by atoms with E-state index in [0.717, 1.165) is 25.4 Å². The Morgan fingerprint density at radius 2 is 1.44 bits per heavy atom. The van der Waals surface area contributed by atoms with Crippen molar-refractivity contribution in [2.24, 2.45) is 5.92 Å². The monoisotopic (exact) mass is 221 g/mol. The highest BCUT2D eigenvalue weighted by atomic mass is 15.1. The second kappa shape index (κ2) is 9.41. The van der Waals surface area contributed by atoms with Gasteiger partial charge in [-0.3, -0.25) is 4.90 Å². The zero-order valence-corrected chi connectivity index (χ0v) is 11.0. The van der Waals surface area contributed by atoms with Crippen LogP contribution in [0, 0.1) is 5.92 Å². The fourth-order valence-corrected chi connectivity index (χ4v) is 2.32. The van der Waals surface area contributed by atoms with Gasteiger partial charge in [0.05, 0.1) is 0 Å². The largest absolute Gasteiger partial charge is 0.293 e. The standard InChI is InChI=1S/C15H27N/c1-6-11-15(14(9-4)10-5)16(12-7-2)13-8-3/h6-8,14-15H,1-3,9-13H2,4-5H3. The van der Waals surface area contributed by atoms with Gasteiger partial charge in [-0.05, 0) is 12.3 Å². The van der Waals surface area contributed by atoms with E-state index in [0.29, 0.717) is 6.04 Å². The minimum Gasteiger partial charge on any atom is -0.293 e. The third-order valence-corrected chi connectivity index (χ3v) is 3.20. The molecule has 0 saturated carbocycles. The van der Waals surface area contributed by atoms with Crippen LogP contribution < -0.4 is 0 Å². The van der Waals surface area contributed by atoms with E-state index in [-0.39, 0.29) is 0 Å². The fraction of sp³-hybridized carbons (Fsp3) is 0.600. The van der Waals surface area contributed by atoms with Crippen molar-refractivity contribution in [3.63, 3.8) is 0 Å². The van der Waals surface area contributed by atoms with Crippen LogP contribution in [0.5, 0.6) is 0 Å². The Labute approximate surface area is 102 Å². The predicted octanol–water partition coefficient (Wildman–Crippen LogP) is 4.04. The molecule has 0 amide bonds. The molecule has 0 aliphatic carbocycles. The Hall–Kier alpha value is -0.820. The predicted molar refractivity (Wildman–Crippen MR) is 74.6 cm³/mol. The first-order valence-electron chi connectivity index (χ1n) is 6.31. The van der Waals surface area contributed by atoms with E-state index in [1.807, 2.05) is 18.2 Å². The Kier molecular flexibility index (Phi) is 8.93. The van der Waals surface area contributed by atoms with Crippen molar-refractivity contribution >= 4 is 0 Å². The van der Waals surface area contributed by atoms with Crippen LogP contribution in [0.4, 0.5) is 0 Å². The summed E-state index contributed by atoms with van der Waals surface area (Å²) in [5.74, 6) is 0.734. The number of rotatable bonds is 10. The molecular weight excluding hydrogens is 194 g/mol. The molecule has 0 heterocycles. The topological polar surface area (TPSA) is 3.24 Å². The van der Waals surface area contributed by atoms with Gasteiger partial charge in [-0.15, -0.1) is 19.7 Å². The molecule has 0 saturated heterocycles. The van der Waals surface area contributed by atoms with E-state index in [4.69, 9.17) is 0 Å². The average molecular weight is 221 g/mol. The summed E-state index contributed by atoms with van der Waals surface area (Å²) in [6, 6.07) is 0.573. The van der Waals surface area contributed by atoms with Crippen LogP contribution in [0.3, 0.4) is 0 Å². The van der Waals surface area contributed by atoms with Crippen LogP contribution in [0.15, 0.2) is 38.0 Å². The lowest BCUT2D eigenvalue weighted by Gasteiger charge is -2.35. The van der Waals surface area contributed by atoms with Gasteiger partial charge in [0.25, 0.3) is 0 Å². The SMILES string of the molecule is C=CCC(C(CC)CC)N(CC=C)CC=C. The average Bonchev–Trinajstić information content (AvgIpc) is 2.29. The summed E-state index contributed by atoms with van der Waals surface area (Å²) in [7, 11) is 0. The minimum atomic E-state index is 0.573. The molecular formula is C15H27N. The molecule has 16 heavy (non-hydrogen) atoms. The van der Waals surface area contributed by atoms with E-state index in [2.05, 4.69) is 38.5 Å². The minimum absolute atomic E-state index is 0.573. The van der Waals surface area contributed by atoms with Crippen molar-refractivity contribution in [1.82, 2.24) is 4.90 Å². The first kappa shape index (κ1) is 15.2. The zero-order chi connectivity index (χ0) is 12.4. The molecule has 92 valence electrons. The highest BCUT2D eigenvalue weighted by Crippen LogP contribution is 2.22. The van der Waals surface area contributed by atoms with Gasteiger partial charge in [-0.2, -0.15) is 0 Å². The molecule has 0 N–H and O–H groups in total. The molecule has 0 fully saturated rings. The molecule has 1 heteroatoms. The number of hydrogen-bond donors (Lipinski definition) is 0. The smallest absolute Gasteiger partial charge is 0.0167 e. The van der Waals surface area contributed by atoms with E-state index in [9.17, 15) is 0 Å². The molecule has 0 radical (unpaired) electrons. The summed E-state index contributed by atoms with van der Waals surface area (Å²) < 4.78 is 0. The van der Waals surface area contributed by atoms with Crippen molar-refractivity contribution in [2.45, 2.75) is 39.2 Å². The lowest BCUT2D eigenvalue weighted by molar-refractivity contribution is 0.165. The summed E-state index contributed by atoms with van der Waals surface area (Å²) in [4.78, 5) is 2.44. The van der Waals surface area contributed by atoms with Crippen molar-refractivity contribution < 1.29 is 0 Å². The molecule has 0 aromatic heterocycles. The van der Waals surface area contributed by atoms with Crippen molar-refractivity contribution in [3.8, 4) is 0 Å². The van der Waals surface area contributed by atoms with E-state index < -0.39 is 0 Å². The zero-order valence-electron chi connectivity index (χ0n) is 11.0. The number of hydrogen-bond acceptors (Lipinski definition) is 1. The van der Waals surface area contributed by atoms with Crippen molar-refractivity contribution in [2.75, 3.05) is 13.1 Å². The van der Waals surface area contributed by atoms with Crippen LogP contribution in [-0.4, -0.2) is 24.0 Å². The third-order valence-electron chi connectivity index (χ3n) is 3.20. The van der Waals surface area contributed by atoms with Gasteiger partial charge in [0.1, 0.15) is 0 Å². The molecule has 0 aromatic rings. The summed E-state index contributed by atoms with van der Waals surface area (Å²) in [5, 5.41) is 0. The molecule has 1 nitrogen and oxygen atoms in total. The molecule has 1 unspecified atom stereocenters. The van der Waals surface area contributed by atoms with Gasteiger partial charge < -0.3 is 0 Å². The third kappa shape index (κ3) is 4.80. The lowest BCUT2D eigenvalue weighted by Crippen LogP contribution is -2.40. The van der Waals surface area contributed by atoms with Crippen LogP contribution in [0.1, 0.15) is 33.1 Å². The highest BCUT2D eigenvalue weighted by molar-refractivity contribution is 4.90. The quantitative estimate of drug-likeness (QED) is 0.503. The maximum Gasteiger partial charge on any atom is 0.0167 e. The Balaban J connectivity index is 4.70. The second-order valence-electron chi connectivity index (χ2n) is 4.20. The Bertz CT molecular complexity index is 193. The van der Waals surface area contributed by atoms with Crippen LogP contribution >= 0.6 is 0 Å². The van der Waals surface area contributed by atoms with Crippen molar-refractivity contribution in [3.05, 3.63) is 38.0 Å². The number of nitrogens with zero attached hydrogens (tertiary/aromatic N) is 1. The fourth-order valence-electron chi connectivity index (χ4n) is 2.32. The molecule has 0 rings (SSSR count). The van der Waals surface area contributed by atoms with Crippen molar-refractivity contribution in [1.29, 1.82) is 0 Å². The highest BCUT2D eigenvalue weighted by Gasteiger charge is 2.22. The molecule has 1 atom stereocenters. The van der Waals surface area contributed by atoms with Gasteiger partial charge in [0, 0.05) is 19.1 Å². The maximum absolute atomic E-state index is 3.88. The molecule has 0 aromatic carbocycles. The molecule has 0 aliphatic rings. The van der Waals surface area contributed by atoms with Gasteiger partial charge in [-0.25, -0.2) is 0 Å². The van der Waals surface area contributed by atoms with Crippen LogP contribution in [-0.2, 0) is 0 Å². The first-order valence-corrected chi connectivity index (χ1v) is 6.31. The van der Waals surface area contributed by atoms with Gasteiger partial charge >= 0.3 is 0 Å². The summed E-state index contributed by atoms with van der Waals surface area (Å²) >= 11 is 0. The summed E-state index contributed by atoms with van der Waals surface area (Å²) in [5.41, 5.74) is 0. The molecule has 0 bridgehead atoms. The van der Waals surface area contributed by atoms with E-state index in [1.54, 1.807) is 0 Å². The van der Waals surface area contributed by atoms with Gasteiger partial charge in [0.2, 0.25) is 0 Å². The normalized spacial score (nSPS) is 12.8. The van der Waals surface area contributed by atoms with Gasteiger partial charge in [0.15, 0.2) is 0 Å². The molecule has 0 spiro atoms. The summed E-state index contributed by atoms with van der Waals surface area (Å²) in [6.07, 6.45) is 9.47. The molecule has 0 aliphatic heterocycles. The van der Waals surface area contributed by atoms with Gasteiger partial charge in [-0.1, -0.05) is 44.9 Å². The summed E-state index contributed by atoms with van der Waals surface area (Å²) in [6.45, 7) is 17.9. The van der Waals surface area contributed by atoms with E-state index in [1.165, 1.54) is 12.8 Å².